The van der Waals surface area contributed by atoms with Gasteiger partial charge in [-0.3, -0.25) is 9.59 Å². The molecule has 1 aliphatic rings. The summed E-state index contributed by atoms with van der Waals surface area (Å²) in [5, 5.41) is 2.70. The largest absolute Gasteiger partial charge is 0.343 e. The Morgan fingerprint density at radius 3 is 2.47 bits per heavy atom. The van der Waals surface area contributed by atoms with Crippen LogP contribution in [0.3, 0.4) is 0 Å². The van der Waals surface area contributed by atoms with Crippen LogP contribution in [0.4, 0.5) is 0 Å². The second-order valence-corrected chi connectivity index (χ2v) is 4.72. The summed E-state index contributed by atoms with van der Waals surface area (Å²) in [6.07, 6.45) is 0.856. The molecule has 15 heavy (non-hydrogen) atoms. The van der Waals surface area contributed by atoms with Gasteiger partial charge in [0, 0.05) is 6.04 Å². The van der Waals surface area contributed by atoms with Crippen LogP contribution >= 0.6 is 0 Å². The van der Waals surface area contributed by atoms with Crippen molar-refractivity contribution in [1.29, 1.82) is 0 Å². The molecule has 0 saturated carbocycles. The fourth-order valence-electron chi connectivity index (χ4n) is 1.98. The number of piperazine rings is 1. The van der Waals surface area contributed by atoms with Crippen molar-refractivity contribution in [2.75, 3.05) is 0 Å². The number of amides is 2. The van der Waals surface area contributed by atoms with E-state index in [9.17, 15) is 9.59 Å². The van der Waals surface area contributed by atoms with Crippen LogP contribution in [0.1, 0.15) is 41.0 Å². The molecule has 2 amide bonds. The molecule has 1 saturated heterocycles. The molecule has 4 nitrogen and oxygen atoms in total. The van der Waals surface area contributed by atoms with Crippen LogP contribution in [0.15, 0.2) is 0 Å². The van der Waals surface area contributed by atoms with Crippen molar-refractivity contribution in [1.82, 2.24) is 10.2 Å². The van der Waals surface area contributed by atoms with Crippen molar-refractivity contribution < 1.29 is 9.59 Å². The van der Waals surface area contributed by atoms with Gasteiger partial charge in [0.2, 0.25) is 11.8 Å². The highest BCUT2D eigenvalue weighted by molar-refractivity contribution is 5.99. The van der Waals surface area contributed by atoms with Gasteiger partial charge in [-0.15, -0.1) is 0 Å². The normalized spacial score (nSPS) is 27.5. The van der Waals surface area contributed by atoms with Gasteiger partial charge in [0.25, 0.3) is 0 Å². The predicted molar refractivity (Wildman–Crippen MR) is 58.3 cm³/mol. The number of nitrogens with zero attached hydrogens (tertiary/aromatic N) is 1. The molecular weight excluding hydrogens is 192 g/mol. The zero-order valence-electron chi connectivity index (χ0n) is 10.1. The summed E-state index contributed by atoms with van der Waals surface area (Å²) in [6, 6.07) is -0.305. The van der Waals surface area contributed by atoms with Gasteiger partial charge in [-0.25, -0.2) is 0 Å². The van der Waals surface area contributed by atoms with Gasteiger partial charge in [0.05, 0.1) is 0 Å². The van der Waals surface area contributed by atoms with Gasteiger partial charge >= 0.3 is 0 Å². The summed E-state index contributed by atoms with van der Waals surface area (Å²) in [6.45, 7) is 9.30. The van der Waals surface area contributed by atoms with Crippen LogP contribution in [0.5, 0.6) is 0 Å². The van der Waals surface area contributed by atoms with E-state index >= 15 is 0 Å². The van der Waals surface area contributed by atoms with Crippen LogP contribution in [-0.2, 0) is 9.59 Å². The Morgan fingerprint density at radius 1 is 1.47 bits per heavy atom. The molecule has 0 aromatic heterocycles. The lowest BCUT2D eigenvalue weighted by Gasteiger charge is -2.46. The molecule has 0 aromatic rings. The minimum absolute atomic E-state index is 0.00829. The average molecular weight is 212 g/mol. The number of nitrogens with one attached hydrogen (secondary N) is 1. The standard InChI is InChI=1S/C11H20N2O2/c1-6-7(2)13-9(14)8(3)12-10(15)11(13,4)5/h7-8H,6H2,1-5H3,(H,12,15). The van der Waals surface area contributed by atoms with Crippen molar-refractivity contribution in [3.8, 4) is 0 Å². The van der Waals surface area contributed by atoms with E-state index in [1.165, 1.54) is 0 Å². The van der Waals surface area contributed by atoms with Crippen molar-refractivity contribution >= 4 is 11.8 Å². The predicted octanol–water partition coefficient (Wildman–Crippen LogP) is 0.910. The maximum absolute atomic E-state index is 12.0. The molecule has 0 spiro atoms. The summed E-state index contributed by atoms with van der Waals surface area (Å²) >= 11 is 0. The van der Waals surface area contributed by atoms with Gasteiger partial charge < -0.3 is 10.2 Å². The van der Waals surface area contributed by atoms with Crippen molar-refractivity contribution in [3.05, 3.63) is 0 Å². The van der Waals surface area contributed by atoms with Crippen LogP contribution in [-0.4, -0.2) is 34.3 Å². The fourth-order valence-corrected chi connectivity index (χ4v) is 1.98. The Kier molecular flexibility index (Phi) is 3.07. The molecule has 1 aliphatic heterocycles. The molecular formula is C11H20N2O2. The third kappa shape index (κ3) is 1.85. The fraction of sp³-hybridized carbons (Fsp3) is 0.818. The van der Waals surface area contributed by atoms with Crippen LogP contribution in [0, 0.1) is 0 Å². The number of hydrogen-bond acceptors (Lipinski definition) is 2. The van der Waals surface area contributed by atoms with Gasteiger partial charge in [-0.05, 0) is 34.1 Å². The van der Waals surface area contributed by atoms with Crippen molar-refractivity contribution in [2.45, 2.75) is 58.7 Å². The molecule has 1 fully saturated rings. The molecule has 0 aliphatic carbocycles. The zero-order valence-corrected chi connectivity index (χ0v) is 10.1. The quantitative estimate of drug-likeness (QED) is 0.739. The Labute approximate surface area is 91.0 Å². The summed E-state index contributed by atoms with van der Waals surface area (Å²) in [5.41, 5.74) is -0.737. The van der Waals surface area contributed by atoms with E-state index in [2.05, 4.69) is 5.32 Å². The monoisotopic (exact) mass is 212 g/mol. The highest BCUT2D eigenvalue weighted by Crippen LogP contribution is 2.24. The first kappa shape index (κ1) is 12.0. The number of carbonyl (C=O) groups excluding carboxylic acids is 2. The molecule has 2 unspecified atom stereocenters. The summed E-state index contributed by atoms with van der Waals surface area (Å²) in [4.78, 5) is 25.5. The lowest BCUT2D eigenvalue weighted by atomic mass is 9.93. The SMILES string of the molecule is CCC(C)N1C(=O)C(C)NC(=O)C1(C)C. The van der Waals surface area contributed by atoms with Crippen LogP contribution in [0.2, 0.25) is 0 Å². The first-order valence-corrected chi connectivity index (χ1v) is 5.46. The lowest BCUT2D eigenvalue weighted by Crippen LogP contribution is -2.69. The zero-order chi connectivity index (χ0) is 11.8. The molecule has 86 valence electrons. The van der Waals surface area contributed by atoms with Crippen molar-refractivity contribution in [2.24, 2.45) is 0 Å². The smallest absolute Gasteiger partial charge is 0.246 e. The first-order valence-electron chi connectivity index (χ1n) is 5.46. The second-order valence-electron chi connectivity index (χ2n) is 4.72. The lowest BCUT2D eigenvalue weighted by molar-refractivity contribution is -0.157. The number of hydrogen-bond donors (Lipinski definition) is 1. The maximum atomic E-state index is 12.0. The Balaban J connectivity index is 3.05. The number of carbonyl (C=O) groups is 2. The Hall–Kier alpha value is -1.06. The Bertz CT molecular complexity index is 286. The third-order valence-corrected chi connectivity index (χ3v) is 3.14. The van der Waals surface area contributed by atoms with E-state index < -0.39 is 11.6 Å². The van der Waals surface area contributed by atoms with E-state index in [0.717, 1.165) is 6.42 Å². The van der Waals surface area contributed by atoms with E-state index in [1.807, 2.05) is 13.8 Å². The highest BCUT2D eigenvalue weighted by Gasteiger charge is 2.46. The van der Waals surface area contributed by atoms with Crippen molar-refractivity contribution in [3.63, 3.8) is 0 Å². The van der Waals surface area contributed by atoms with Crippen LogP contribution in [0.25, 0.3) is 0 Å². The summed E-state index contributed by atoms with van der Waals surface area (Å²) in [5.74, 6) is -0.0659. The third-order valence-electron chi connectivity index (χ3n) is 3.14. The summed E-state index contributed by atoms with van der Waals surface area (Å²) in [7, 11) is 0. The first-order chi connectivity index (χ1) is 6.82. The second kappa shape index (κ2) is 3.83. The molecule has 0 bridgehead atoms. The van der Waals surface area contributed by atoms with Gasteiger partial charge in [0.15, 0.2) is 0 Å². The maximum Gasteiger partial charge on any atom is 0.246 e. The molecule has 4 heteroatoms. The topological polar surface area (TPSA) is 49.4 Å². The van der Waals surface area contributed by atoms with Gasteiger partial charge in [-0.2, -0.15) is 0 Å². The van der Waals surface area contributed by atoms with Crippen LogP contribution < -0.4 is 5.32 Å². The molecule has 1 rings (SSSR count). The van der Waals surface area contributed by atoms with E-state index in [0.29, 0.717) is 0 Å². The molecule has 1 N–H and O–H groups in total. The van der Waals surface area contributed by atoms with E-state index in [-0.39, 0.29) is 17.9 Å². The molecule has 0 aromatic carbocycles. The number of rotatable bonds is 2. The van der Waals surface area contributed by atoms with Gasteiger partial charge in [-0.1, -0.05) is 6.92 Å². The van der Waals surface area contributed by atoms with Gasteiger partial charge in [0.1, 0.15) is 11.6 Å². The van der Waals surface area contributed by atoms with E-state index in [4.69, 9.17) is 0 Å². The average Bonchev–Trinajstić information content (AvgIpc) is 2.15. The minimum Gasteiger partial charge on any atom is -0.343 e. The molecule has 1 heterocycles. The highest BCUT2D eigenvalue weighted by atomic mass is 16.2. The minimum atomic E-state index is -0.737. The van der Waals surface area contributed by atoms with E-state index in [1.54, 1.807) is 25.7 Å². The molecule has 2 atom stereocenters. The molecule has 0 radical (unpaired) electrons. The Morgan fingerprint density at radius 2 is 2.00 bits per heavy atom. The summed E-state index contributed by atoms with van der Waals surface area (Å²) < 4.78 is 0.